The summed E-state index contributed by atoms with van der Waals surface area (Å²) in [5.74, 6) is 1.62. The number of carbonyl (C=O) groups excluding carboxylic acids is 1. The molecule has 1 amide bonds. The van der Waals surface area contributed by atoms with E-state index in [1.165, 1.54) is 12.0 Å². The summed E-state index contributed by atoms with van der Waals surface area (Å²) in [6, 6.07) is 10.7. The van der Waals surface area contributed by atoms with E-state index in [9.17, 15) is 4.79 Å². The average molecular weight is 472 g/mol. The van der Waals surface area contributed by atoms with E-state index in [0.29, 0.717) is 19.0 Å². The van der Waals surface area contributed by atoms with E-state index in [1.54, 1.807) is 0 Å². The topological polar surface area (TPSA) is 56.7 Å². The summed E-state index contributed by atoms with van der Waals surface area (Å²) in [5, 5.41) is 6.29. The number of likely N-dealkylation sites (tertiary alicyclic amines) is 1. The Morgan fingerprint density at radius 3 is 2.58 bits per heavy atom. The number of rotatable bonds is 6. The van der Waals surface area contributed by atoms with Gasteiger partial charge < -0.3 is 15.5 Å². The summed E-state index contributed by atoms with van der Waals surface area (Å²) < 4.78 is 0. The second-order valence-corrected chi connectivity index (χ2v) is 7.43. The quantitative estimate of drug-likeness (QED) is 0.381. The highest BCUT2D eigenvalue weighted by Crippen LogP contribution is 2.21. The molecule has 1 unspecified atom stereocenters. The van der Waals surface area contributed by atoms with Crippen LogP contribution in [-0.2, 0) is 11.2 Å². The van der Waals surface area contributed by atoms with Gasteiger partial charge in [-0.25, -0.2) is 0 Å². The first-order chi connectivity index (χ1) is 12.0. The van der Waals surface area contributed by atoms with E-state index < -0.39 is 5.41 Å². The van der Waals surface area contributed by atoms with E-state index in [4.69, 9.17) is 0 Å². The molecule has 1 aromatic carbocycles. The van der Waals surface area contributed by atoms with E-state index in [2.05, 4.69) is 50.9 Å². The Kier molecular flexibility index (Phi) is 9.39. The van der Waals surface area contributed by atoms with Gasteiger partial charge >= 0.3 is 0 Å². The van der Waals surface area contributed by atoms with Crippen molar-refractivity contribution in [3.63, 3.8) is 0 Å². The zero-order valence-corrected chi connectivity index (χ0v) is 18.7. The van der Waals surface area contributed by atoms with Gasteiger partial charge in [-0.15, -0.1) is 24.0 Å². The second kappa shape index (κ2) is 10.7. The Morgan fingerprint density at radius 2 is 1.96 bits per heavy atom. The number of amides is 1. The molecule has 0 saturated carbocycles. The molecule has 6 heteroatoms. The lowest BCUT2D eigenvalue weighted by Crippen LogP contribution is -2.48. The third-order valence-corrected chi connectivity index (χ3v) is 4.80. The molecule has 1 aromatic rings. The minimum atomic E-state index is -0.463. The molecule has 26 heavy (non-hydrogen) atoms. The molecule has 0 aromatic heterocycles. The molecule has 1 aliphatic rings. The van der Waals surface area contributed by atoms with Crippen LogP contribution in [0.3, 0.4) is 0 Å². The maximum absolute atomic E-state index is 12.1. The van der Waals surface area contributed by atoms with Crippen molar-refractivity contribution < 1.29 is 4.79 Å². The highest BCUT2D eigenvalue weighted by Gasteiger charge is 2.29. The molecule has 1 fully saturated rings. The molecule has 0 aliphatic carbocycles. The summed E-state index contributed by atoms with van der Waals surface area (Å²) in [7, 11) is 1.81. The number of benzene rings is 1. The van der Waals surface area contributed by atoms with Gasteiger partial charge in [0.05, 0.1) is 5.41 Å². The zero-order valence-electron chi connectivity index (χ0n) is 16.4. The van der Waals surface area contributed by atoms with Crippen LogP contribution in [0.2, 0.25) is 0 Å². The third-order valence-electron chi connectivity index (χ3n) is 4.80. The van der Waals surface area contributed by atoms with Crippen LogP contribution in [0.15, 0.2) is 35.3 Å². The summed E-state index contributed by atoms with van der Waals surface area (Å²) in [4.78, 5) is 18.9. The van der Waals surface area contributed by atoms with Gasteiger partial charge in [0.2, 0.25) is 5.91 Å². The van der Waals surface area contributed by atoms with E-state index >= 15 is 0 Å². The van der Waals surface area contributed by atoms with Crippen LogP contribution in [-0.4, -0.2) is 50.0 Å². The van der Waals surface area contributed by atoms with Crippen molar-refractivity contribution in [1.82, 2.24) is 15.5 Å². The van der Waals surface area contributed by atoms with Gasteiger partial charge in [0.25, 0.3) is 0 Å². The fourth-order valence-electron chi connectivity index (χ4n) is 3.25. The average Bonchev–Trinajstić information content (AvgIpc) is 3.05. The van der Waals surface area contributed by atoms with Gasteiger partial charge in [0, 0.05) is 33.2 Å². The van der Waals surface area contributed by atoms with E-state index in [0.717, 1.165) is 25.5 Å². The minimum absolute atomic E-state index is 0. The zero-order chi connectivity index (χ0) is 18.3. The van der Waals surface area contributed by atoms with Crippen LogP contribution in [0.5, 0.6) is 0 Å². The number of hydrogen-bond acceptors (Lipinski definition) is 2. The first-order valence-electron chi connectivity index (χ1n) is 9.24. The molecular weight excluding hydrogens is 439 g/mol. The lowest BCUT2D eigenvalue weighted by atomic mass is 9.92. The van der Waals surface area contributed by atoms with Gasteiger partial charge in [0.1, 0.15) is 0 Å². The van der Waals surface area contributed by atoms with Crippen molar-refractivity contribution in [3.05, 3.63) is 35.9 Å². The van der Waals surface area contributed by atoms with Crippen LogP contribution in [0.1, 0.15) is 32.8 Å². The number of nitrogens with zero attached hydrogens (tertiary/aromatic N) is 2. The van der Waals surface area contributed by atoms with E-state index in [-0.39, 0.29) is 29.9 Å². The molecule has 1 saturated heterocycles. The van der Waals surface area contributed by atoms with Crippen molar-refractivity contribution >= 4 is 35.8 Å². The number of hydrogen-bond donors (Lipinski definition) is 2. The Hall–Kier alpha value is -1.31. The normalized spacial score (nSPS) is 17.6. The minimum Gasteiger partial charge on any atom is -0.356 e. The first-order valence-corrected chi connectivity index (χ1v) is 9.24. The van der Waals surface area contributed by atoms with Crippen molar-refractivity contribution in [2.75, 3.05) is 33.2 Å². The largest absolute Gasteiger partial charge is 0.356 e. The Labute approximate surface area is 175 Å². The molecule has 5 nitrogen and oxygen atoms in total. The van der Waals surface area contributed by atoms with Crippen LogP contribution < -0.4 is 10.6 Å². The van der Waals surface area contributed by atoms with Crippen LogP contribution >= 0.6 is 24.0 Å². The van der Waals surface area contributed by atoms with Crippen LogP contribution in [0.25, 0.3) is 0 Å². The molecule has 0 spiro atoms. The molecular formula is C20H33IN4O. The van der Waals surface area contributed by atoms with Gasteiger partial charge in [-0.1, -0.05) is 30.3 Å². The lowest BCUT2D eigenvalue weighted by molar-refractivity contribution is -0.128. The number of guanidine groups is 1. The maximum Gasteiger partial charge on any atom is 0.227 e. The van der Waals surface area contributed by atoms with Gasteiger partial charge in [0.15, 0.2) is 5.96 Å². The molecule has 2 rings (SSSR count). The molecule has 0 radical (unpaired) electrons. The Morgan fingerprint density at radius 1 is 1.27 bits per heavy atom. The summed E-state index contributed by atoms with van der Waals surface area (Å²) in [6.45, 7) is 9.11. The monoisotopic (exact) mass is 472 g/mol. The molecule has 146 valence electrons. The predicted molar refractivity (Wildman–Crippen MR) is 119 cm³/mol. The molecule has 2 N–H and O–H groups in total. The Bertz CT molecular complexity index is 589. The maximum atomic E-state index is 12.1. The number of aliphatic imine (C=N–C) groups is 1. The molecule has 0 bridgehead atoms. The highest BCUT2D eigenvalue weighted by atomic mass is 127. The molecule has 1 aliphatic heterocycles. The number of halogens is 1. The van der Waals surface area contributed by atoms with Gasteiger partial charge in [-0.2, -0.15) is 0 Å². The first kappa shape index (κ1) is 22.7. The van der Waals surface area contributed by atoms with Crippen molar-refractivity contribution in [3.8, 4) is 0 Å². The lowest BCUT2D eigenvalue weighted by Gasteiger charge is -2.28. The summed E-state index contributed by atoms with van der Waals surface area (Å²) in [5.41, 5.74) is 0.935. The van der Waals surface area contributed by atoms with Gasteiger partial charge in [-0.05, 0) is 45.1 Å². The number of carbonyl (C=O) groups is 1. The van der Waals surface area contributed by atoms with Crippen molar-refractivity contribution in [2.45, 2.75) is 33.6 Å². The molecule has 1 heterocycles. The summed E-state index contributed by atoms with van der Waals surface area (Å²) >= 11 is 0. The fourth-order valence-corrected chi connectivity index (χ4v) is 3.25. The van der Waals surface area contributed by atoms with E-state index in [1.807, 2.05) is 27.8 Å². The second-order valence-electron chi connectivity index (χ2n) is 7.43. The third kappa shape index (κ3) is 6.45. The predicted octanol–water partition coefficient (Wildman–Crippen LogP) is 2.91. The smallest absolute Gasteiger partial charge is 0.227 e. The number of nitrogens with one attached hydrogen (secondary N) is 2. The van der Waals surface area contributed by atoms with Crippen molar-refractivity contribution in [2.24, 2.45) is 16.3 Å². The molecule has 1 atom stereocenters. The summed E-state index contributed by atoms with van der Waals surface area (Å²) in [6.07, 6.45) is 2.29. The van der Waals surface area contributed by atoms with Gasteiger partial charge in [-0.3, -0.25) is 9.79 Å². The van der Waals surface area contributed by atoms with Crippen LogP contribution in [0, 0.1) is 11.3 Å². The fraction of sp³-hybridized carbons (Fsp3) is 0.600. The standard InChI is InChI=1S/C20H32N4O.HI/c1-5-22-18(25)20(2,3)15-23-19(21-4)24-12-11-17(14-24)13-16-9-7-6-8-10-16;/h6-10,17H,5,11-15H2,1-4H3,(H,21,23)(H,22,25);1H. The Balaban J connectivity index is 0.00000338. The van der Waals surface area contributed by atoms with Crippen LogP contribution in [0.4, 0.5) is 0 Å². The SMILES string of the molecule is CCNC(=O)C(C)(C)CNC(=NC)N1CCC(Cc2ccccc2)C1.I. The highest BCUT2D eigenvalue weighted by molar-refractivity contribution is 14.0. The van der Waals surface area contributed by atoms with Crippen molar-refractivity contribution in [1.29, 1.82) is 0 Å².